The molecule has 1 aromatic rings. The number of piperidine rings is 1. The Morgan fingerprint density at radius 1 is 1.11 bits per heavy atom. The van der Waals surface area contributed by atoms with Crippen molar-refractivity contribution in [2.24, 2.45) is 5.41 Å². The highest BCUT2D eigenvalue weighted by Gasteiger charge is 2.50. The Labute approximate surface area is 162 Å². The van der Waals surface area contributed by atoms with Crippen LogP contribution in [0.2, 0.25) is 0 Å². The molecule has 5 heteroatoms. The van der Waals surface area contributed by atoms with E-state index < -0.39 is 0 Å². The van der Waals surface area contributed by atoms with E-state index in [4.69, 9.17) is 0 Å². The van der Waals surface area contributed by atoms with Crippen LogP contribution in [-0.4, -0.2) is 52.3 Å². The molecule has 5 nitrogen and oxygen atoms in total. The van der Waals surface area contributed by atoms with E-state index in [2.05, 4.69) is 9.88 Å². The van der Waals surface area contributed by atoms with E-state index >= 15 is 0 Å². The molecule has 0 aromatic carbocycles. The van der Waals surface area contributed by atoms with Gasteiger partial charge in [0.1, 0.15) is 0 Å². The topological polar surface area (TPSA) is 53.5 Å². The molecule has 2 aliphatic heterocycles. The van der Waals surface area contributed by atoms with Crippen molar-refractivity contribution in [3.8, 4) is 0 Å². The number of carbonyl (C=O) groups is 2. The van der Waals surface area contributed by atoms with Crippen molar-refractivity contribution in [1.29, 1.82) is 0 Å². The third-order valence-electron chi connectivity index (χ3n) is 6.81. The summed E-state index contributed by atoms with van der Waals surface area (Å²) in [6.45, 7) is 2.26. The van der Waals surface area contributed by atoms with Gasteiger partial charge in [0.2, 0.25) is 11.8 Å². The fraction of sp³-hybridized carbons (Fsp3) is 0.682. The van der Waals surface area contributed by atoms with Crippen LogP contribution in [0.25, 0.3) is 0 Å². The summed E-state index contributed by atoms with van der Waals surface area (Å²) in [5.74, 6) is 0.501. The molecule has 0 N–H and O–H groups in total. The van der Waals surface area contributed by atoms with E-state index in [0.717, 1.165) is 50.9 Å². The second kappa shape index (κ2) is 7.99. The van der Waals surface area contributed by atoms with E-state index in [9.17, 15) is 9.59 Å². The average molecular weight is 370 g/mol. The number of aryl methyl sites for hydroxylation is 1. The van der Waals surface area contributed by atoms with E-state index in [1.54, 1.807) is 6.20 Å². The second-order valence-corrected chi connectivity index (χ2v) is 8.56. The predicted octanol–water partition coefficient (Wildman–Crippen LogP) is 3.19. The van der Waals surface area contributed by atoms with Gasteiger partial charge < -0.3 is 9.80 Å². The number of aromatic nitrogens is 1. The number of nitrogens with zero attached hydrogens (tertiary/aromatic N) is 3. The fourth-order valence-electron chi connectivity index (χ4n) is 5.25. The molecule has 27 heavy (non-hydrogen) atoms. The molecule has 146 valence electrons. The molecule has 2 amide bonds. The van der Waals surface area contributed by atoms with Crippen molar-refractivity contribution in [1.82, 2.24) is 14.8 Å². The Morgan fingerprint density at radius 2 is 1.96 bits per heavy atom. The van der Waals surface area contributed by atoms with Crippen LogP contribution in [0.3, 0.4) is 0 Å². The molecule has 1 aromatic heterocycles. The first-order valence-electron chi connectivity index (χ1n) is 10.7. The first-order chi connectivity index (χ1) is 13.2. The number of carbonyl (C=O) groups excluding carboxylic acids is 2. The largest absolute Gasteiger partial charge is 0.342 e. The lowest BCUT2D eigenvalue weighted by Crippen LogP contribution is -2.54. The maximum atomic E-state index is 13.4. The molecule has 1 saturated carbocycles. The summed E-state index contributed by atoms with van der Waals surface area (Å²) >= 11 is 0. The SMILES string of the molecule is O=C(CCc1ccccn1)N1CCC2(CCCN(C3CCCCC3)C2=O)C1. The molecule has 0 radical (unpaired) electrons. The van der Waals surface area contributed by atoms with Crippen molar-refractivity contribution in [2.45, 2.75) is 70.3 Å². The summed E-state index contributed by atoms with van der Waals surface area (Å²) in [5.41, 5.74) is 0.646. The summed E-state index contributed by atoms with van der Waals surface area (Å²) in [6, 6.07) is 6.25. The van der Waals surface area contributed by atoms with Crippen molar-refractivity contribution in [3.05, 3.63) is 30.1 Å². The van der Waals surface area contributed by atoms with Crippen molar-refractivity contribution in [3.63, 3.8) is 0 Å². The van der Waals surface area contributed by atoms with E-state index in [1.807, 2.05) is 23.1 Å². The average Bonchev–Trinajstić information content (AvgIpc) is 3.15. The molecule has 3 fully saturated rings. The number of hydrogen-bond donors (Lipinski definition) is 0. The van der Waals surface area contributed by atoms with Crippen molar-refractivity contribution in [2.75, 3.05) is 19.6 Å². The number of hydrogen-bond acceptors (Lipinski definition) is 3. The monoisotopic (exact) mass is 369 g/mol. The highest BCUT2D eigenvalue weighted by atomic mass is 16.2. The van der Waals surface area contributed by atoms with Gasteiger partial charge in [-0.25, -0.2) is 0 Å². The van der Waals surface area contributed by atoms with E-state index in [1.165, 1.54) is 19.3 Å². The Balaban J connectivity index is 1.36. The van der Waals surface area contributed by atoms with Crippen LogP contribution in [0.1, 0.15) is 63.5 Å². The maximum Gasteiger partial charge on any atom is 0.230 e. The van der Waals surface area contributed by atoms with Crippen LogP contribution in [0.4, 0.5) is 0 Å². The Morgan fingerprint density at radius 3 is 2.74 bits per heavy atom. The second-order valence-electron chi connectivity index (χ2n) is 8.56. The highest BCUT2D eigenvalue weighted by molar-refractivity contribution is 5.86. The third kappa shape index (κ3) is 3.87. The van der Waals surface area contributed by atoms with Gasteiger partial charge in [-0.1, -0.05) is 25.3 Å². The molecule has 2 saturated heterocycles. The van der Waals surface area contributed by atoms with Gasteiger partial charge >= 0.3 is 0 Å². The number of rotatable bonds is 4. The summed E-state index contributed by atoms with van der Waals surface area (Å²) < 4.78 is 0. The zero-order chi connectivity index (χ0) is 18.7. The standard InChI is InChI=1S/C22H31N3O2/c26-20(11-10-18-7-4-5-14-23-18)24-16-13-22(17-24)12-6-15-25(21(22)27)19-8-2-1-3-9-19/h4-5,7,14,19H,1-3,6,8-13,15-17H2. The smallest absolute Gasteiger partial charge is 0.230 e. The zero-order valence-electron chi connectivity index (χ0n) is 16.2. The number of amides is 2. The summed E-state index contributed by atoms with van der Waals surface area (Å²) in [6.07, 6.45) is 11.9. The molecule has 1 unspecified atom stereocenters. The Bertz CT molecular complexity index is 671. The van der Waals surface area contributed by atoms with Crippen LogP contribution >= 0.6 is 0 Å². The van der Waals surface area contributed by atoms with Crippen LogP contribution in [0.5, 0.6) is 0 Å². The molecule has 4 rings (SSSR count). The molecular formula is C22H31N3O2. The molecule has 3 heterocycles. The van der Waals surface area contributed by atoms with Crippen LogP contribution < -0.4 is 0 Å². The molecule has 1 aliphatic carbocycles. The van der Waals surface area contributed by atoms with Gasteiger partial charge in [0.15, 0.2) is 0 Å². The van der Waals surface area contributed by atoms with Gasteiger partial charge in [-0.15, -0.1) is 0 Å². The zero-order valence-corrected chi connectivity index (χ0v) is 16.2. The van der Waals surface area contributed by atoms with Gasteiger partial charge in [-0.2, -0.15) is 0 Å². The van der Waals surface area contributed by atoms with Crippen molar-refractivity contribution >= 4 is 11.8 Å². The first kappa shape index (κ1) is 18.5. The molecular weight excluding hydrogens is 338 g/mol. The minimum absolute atomic E-state index is 0.167. The quantitative estimate of drug-likeness (QED) is 0.819. The number of pyridine rings is 1. The molecule has 1 spiro atoms. The van der Waals surface area contributed by atoms with Gasteiger partial charge in [0.25, 0.3) is 0 Å². The summed E-state index contributed by atoms with van der Waals surface area (Å²) in [7, 11) is 0. The first-order valence-corrected chi connectivity index (χ1v) is 10.7. The minimum atomic E-state index is -0.309. The molecule has 1 atom stereocenters. The van der Waals surface area contributed by atoms with Gasteiger partial charge in [-0.3, -0.25) is 14.6 Å². The minimum Gasteiger partial charge on any atom is -0.342 e. The van der Waals surface area contributed by atoms with E-state index in [-0.39, 0.29) is 11.3 Å². The third-order valence-corrected chi connectivity index (χ3v) is 6.81. The maximum absolute atomic E-state index is 13.4. The van der Waals surface area contributed by atoms with Crippen LogP contribution in [0.15, 0.2) is 24.4 Å². The summed E-state index contributed by atoms with van der Waals surface area (Å²) in [5, 5.41) is 0. The summed E-state index contributed by atoms with van der Waals surface area (Å²) in [4.78, 5) is 34.5. The molecule has 0 bridgehead atoms. The lowest BCUT2D eigenvalue weighted by Gasteiger charge is -2.44. The predicted molar refractivity (Wildman–Crippen MR) is 104 cm³/mol. The van der Waals surface area contributed by atoms with Gasteiger partial charge in [0.05, 0.1) is 5.41 Å². The molecule has 3 aliphatic rings. The van der Waals surface area contributed by atoms with Crippen LogP contribution in [0, 0.1) is 5.41 Å². The normalized spacial score (nSPS) is 26.7. The Hall–Kier alpha value is -1.91. The Kier molecular flexibility index (Phi) is 5.46. The number of likely N-dealkylation sites (tertiary alicyclic amines) is 2. The van der Waals surface area contributed by atoms with Crippen LogP contribution in [-0.2, 0) is 16.0 Å². The van der Waals surface area contributed by atoms with Crippen molar-refractivity contribution < 1.29 is 9.59 Å². The lowest BCUT2D eigenvalue weighted by atomic mass is 9.77. The van der Waals surface area contributed by atoms with Gasteiger partial charge in [0, 0.05) is 44.0 Å². The van der Waals surface area contributed by atoms with E-state index in [0.29, 0.717) is 31.3 Å². The fourth-order valence-corrected chi connectivity index (χ4v) is 5.25. The van der Waals surface area contributed by atoms with Gasteiger partial charge in [-0.05, 0) is 50.7 Å². The lowest BCUT2D eigenvalue weighted by molar-refractivity contribution is -0.149. The highest BCUT2D eigenvalue weighted by Crippen LogP contribution is 2.42.